The van der Waals surface area contributed by atoms with Gasteiger partial charge in [-0.3, -0.25) is 14.6 Å². The second-order valence-electron chi connectivity index (χ2n) is 6.49. The summed E-state index contributed by atoms with van der Waals surface area (Å²) in [7, 11) is 0. The fourth-order valence-corrected chi connectivity index (χ4v) is 3.98. The van der Waals surface area contributed by atoms with Crippen molar-refractivity contribution in [2.75, 3.05) is 5.32 Å². The number of nitrogens with one attached hydrogen (secondary N) is 1. The van der Waals surface area contributed by atoms with Crippen LogP contribution in [0.4, 0.5) is 5.82 Å². The van der Waals surface area contributed by atoms with E-state index in [-0.39, 0.29) is 5.91 Å². The number of amides is 1. The van der Waals surface area contributed by atoms with Gasteiger partial charge in [0.1, 0.15) is 5.82 Å². The van der Waals surface area contributed by atoms with Crippen molar-refractivity contribution in [1.29, 1.82) is 0 Å². The molecule has 3 aromatic rings. The lowest BCUT2D eigenvalue weighted by atomic mass is 9.79. The summed E-state index contributed by atoms with van der Waals surface area (Å²) in [5.41, 5.74) is 4.08. The number of nitrogens with zero attached hydrogens (tertiary/aromatic N) is 2. The lowest BCUT2D eigenvalue weighted by Gasteiger charge is -2.20. The van der Waals surface area contributed by atoms with Gasteiger partial charge in [0.05, 0.1) is 10.9 Å². The highest BCUT2D eigenvalue weighted by molar-refractivity contribution is 6.06. The van der Waals surface area contributed by atoms with E-state index in [2.05, 4.69) is 21.4 Å². The zero-order valence-electron chi connectivity index (χ0n) is 12.7. The summed E-state index contributed by atoms with van der Waals surface area (Å²) in [6.45, 7) is 0. The third-order valence-electron chi connectivity index (χ3n) is 5.13. The average Bonchev–Trinajstić information content (AvgIpc) is 3.10. The van der Waals surface area contributed by atoms with Crippen LogP contribution in [0.15, 0.2) is 42.7 Å². The van der Waals surface area contributed by atoms with E-state index in [1.807, 2.05) is 24.3 Å². The van der Waals surface area contributed by atoms with Gasteiger partial charge in [0.15, 0.2) is 6.29 Å². The summed E-state index contributed by atoms with van der Waals surface area (Å²) in [4.78, 5) is 32.3. The van der Waals surface area contributed by atoms with Crippen LogP contribution in [0.2, 0.25) is 0 Å². The van der Waals surface area contributed by atoms with Crippen molar-refractivity contribution < 1.29 is 9.59 Å². The first kappa shape index (κ1) is 13.4. The third kappa shape index (κ3) is 1.64. The molecule has 3 heterocycles. The predicted octanol–water partition coefficient (Wildman–Crippen LogP) is 2.43. The zero-order chi connectivity index (χ0) is 16.3. The number of pyridine rings is 2. The summed E-state index contributed by atoms with van der Waals surface area (Å²) in [5, 5.41) is 3.84. The standard InChI is InChI=1S/C19H13N3O2/c23-10-11-4-12-5-13-7-19(8-14(13)6-16(12)21-9-11)15-2-1-3-20-17(15)22-18(19)24/h1-6,9-10H,7-8H2,(H,20,22,24). The lowest BCUT2D eigenvalue weighted by Crippen LogP contribution is -2.35. The highest BCUT2D eigenvalue weighted by atomic mass is 16.2. The van der Waals surface area contributed by atoms with E-state index in [1.165, 1.54) is 0 Å². The molecule has 0 fully saturated rings. The predicted molar refractivity (Wildman–Crippen MR) is 89.1 cm³/mol. The summed E-state index contributed by atoms with van der Waals surface area (Å²) < 4.78 is 0. The van der Waals surface area contributed by atoms with E-state index in [0.29, 0.717) is 24.2 Å². The first-order valence-corrected chi connectivity index (χ1v) is 7.83. The second kappa shape index (κ2) is 4.47. The molecular weight excluding hydrogens is 302 g/mol. The Morgan fingerprint density at radius 3 is 2.79 bits per heavy atom. The van der Waals surface area contributed by atoms with Gasteiger partial charge in [0.2, 0.25) is 5.91 Å². The number of hydrogen-bond acceptors (Lipinski definition) is 4. The van der Waals surface area contributed by atoms with Gasteiger partial charge in [-0.1, -0.05) is 6.07 Å². The van der Waals surface area contributed by atoms with Crippen LogP contribution in [-0.2, 0) is 23.1 Å². The van der Waals surface area contributed by atoms with Crippen molar-refractivity contribution in [2.24, 2.45) is 0 Å². The molecule has 1 aliphatic carbocycles. The van der Waals surface area contributed by atoms with Crippen molar-refractivity contribution in [3.05, 3.63) is 65.0 Å². The Morgan fingerprint density at radius 2 is 1.96 bits per heavy atom. The largest absolute Gasteiger partial charge is 0.310 e. The first-order valence-electron chi connectivity index (χ1n) is 7.83. The minimum atomic E-state index is -0.573. The van der Waals surface area contributed by atoms with E-state index in [0.717, 1.165) is 33.9 Å². The Bertz CT molecular complexity index is 1040. The fraction of sp³-hybridized carbons (Fsp3) is 0.158. The number of carbonyl (C=O) groups is 2. The van der Waals surface area contributed by atoms with Crippen LogP contribution in [0, 0.1) is 0 Å². The van der Waals surface area contributed by atoms with Gasteiger partial charge in [-0.25, -0.2) is 4.98 Å². The van der Waals surface area contributed by atoms with Crippen LogP contribution < -0.4 is 5.32 Å². The summed E-state index contributed by atoms with van der Waals surface area (Å²) in [6, 6.07) is 9.79. The summed E-state index contributed by atoms with van der Waals surface area (Å²) in [6.07, 6.45) is 5.37. The van der Waals surface area contributed by atoms with E-state index in [1.54, 1.807) is 12.4 Å². The van der Waals surface area contributed by atoms with Crippen molar-refractivity contribution >= 4 is 28.9 Å². The molecule has 1 amide bonds. The minimum absolute atomic E-state index is 0.0120. The Kier molecular flexibility index (Phi) is 2.49. The maximum Gasteiger partial charge on any atom is 0.237 e. The average molecular weight is 315 g/mol. The topological polar surface area (TPSA) is 72.0 Å². The Morgan fingerprint density at radius 1 is 1.12 bits per heavy atom. The molecule has 116 valence electrons. The number of aldehydes is 1. The minimum Gasteiger partial charge on any atom is -0.310 e. The highest BCUT2D eigenvalue weighted by Crippen LogP contribution is 2.47. The molecule has 0 radical (unpaired) electrons. The first-order chi connectivity index (χ1) is 11.7. The molecule has 5 rings (SSSR count). The molecule has 2 aliphatic rings. The van der Waals surface area contributed by atoms with Crippen LogP contribution in [0.3, 0.4) is 0 Å². The van der Waals surface area contributed by atoms with Gasteiger partial charge in [0, 0.05) is 28.9 Å². The molecule has 1 aromatic carbocycles. The summed E-state index contributed by atoms with van der Waals surface area (Å²) >= 11 is 0. The number of anilines is 1. The van der Waals surface area contributed by atoms with Gasteiger partial charge in [-0.2, -0.15) is 0 Å². The molecule has 1 unspecified atom stereocenters. The van der Waals surface area contributed by atoms with Crippen LogP contribution >= 0.6 is 0 Å². The van der Waals surface area contributed by atoms with Crippen molar-refractivity contribution in [2.45, 2.75) is 18.3 Å². The smallest absolute Gasteiger partial charge is 0.237 e. The van der Waals surface area contributed by atoms with Gasteiger partial charge < -0.3 is 5.32 Å². The van der Waals surface area contributed by atoms with Crippen molar-refractivity contribution in [3.8, 4) is 0 Å². The molecule has 0 bridgehead atoms. The normalized spacial score (nSPS) is 20.9. The third-order valence-corrected chi connectivity index (χ3v) is 5.13. The second-order valence-corrected chi connectivity index (χ2v) is 6.49. The number of aromatic nitrogens is 2. The van der Waals surface area contributed by atoms with E-state index in [9.17, 15) is 9.59 Å². The van der Waals surface area contributed by atoms with Gasteiger partial charge in [0.25, 0.3) is 0 Å². The molecule has 0 saturated heterocycles. The van der Waals surface area contributed by atoms with Crippen LogP contribution in [0.5, 0.6) is 0 Å². The monoisotopic (exact) mass is 315 g/mol. The Hall–Kier alpha value is -3.08. The van der Waals surface area contributed by atoms with Gasteiger partial charge in [-0.15, -0.1) is 0 Å². The molecule has 1 spiro atoms. The molecule has 5 heteroatoms. The molecule has 0 saturated carbocycles. The van der Waals surface area contributed by atoms with Crippen LogP contribution in [0.25, 0.3) is 10.9 Å². The summed E-state index contributed by atoms with van der Waals surface area (Å²) in [5.74, 6) is 0.680. The molecular formula is C19H13N3O2. The van der Waals surface area contributed by atoms with Crippen LogP contribution in [0.1, 0.15) is 27.0 Å². The number of fused-ring (bicyclic) bond motifs is 4. The fourth-order valence-electron chi connectivity index (χ4n) is 3.98. The number of hydrogen-bond donors (Lipinski definition) is 1. The number of carbonyl (C=O) groups excluding carboxylic acids is 2. The number of benzene rings is 1. The van der Waals surface area contributed by atoms with Crippen LogP contribution in [-0.4, -0.2) is 22.2 Å². The van der Waals surface area contributed by atoms with Crippen molar-refractivity contribution in [1.82, 2.24) is 9.97 Å². The maximum absolute atomic E-state index is 12.7. The van der Waals surface area contributed by atoms with E-state index >= 15 is 0 Å². The Labute approximate surface area is 137 Å². The highest BCUT2D eigenvalue weighted by Gasteiger charge is 2.51. The number of rotatable bonds is 1. The van der Waals surface area contributed by atoms with Crippen molar-refractivity contribution in [3.63, 3.8) is 0 Å². The molecule has 1 aliphatic heterocycles. The molecule has 1 atom stereocenters. The zero-order valence-corrected chi connectivity index (χ0v) is 12.7. The van der Waals surface area contributed by atoms with Gasteiger partial charge in [-0.05, 0) is 48.2 Å². The molecule has 24 heavy (non-hydrogen) atoms. The quantitative estimate of drug-likeness (QED) is 0.700. The SMILES string of the molecule is O=Cc1cnc2cc3c(cc2c1)CC1(C3)C(=O)Nc2ncccc21. The molecule has 2 aromatic heterocycles. The van der Waals surface area contributed by atoms with Gasteiger partial charge >= 0.3 is 0 Å². The maximum atomic E-state index is 12.7. The lowest BCUT2D eigenvalue weighted by molar-refractivity contribution is -0.120. The molecule has 1 N–H and O–H groups in total. The van der Waals surface area contributed by atoms with E-state index < -0.39 is 5.41 Å². The van der Waals surface area contributed by atoms with E-state index in [4.69, 9.17) is 0 Å². The Balaban J connectivity index is 1.67. The molecule has 5 nitrogen and oxygen atoms in total.